The quantitative estimate of drug-likeness (QED) is 0.490. The minimum atomic E-state index is -3.88. The van der Waals surface area contributed by atoms with Gasteiger partial charge in [-0.25, -0.2) is 26.1 Å². The Balaban J connectivity index is 1.61. The molecule has 1 aromatic heterocycles. The molecule has 4 rings (SSSR count). The van der Waals surface area contributed by atoms with E-state index in [-0.39, 0.29) is 22.9 Å². The predicted octanol–water partition coefficient (Wildman–Crippen LogP) is 4.00. The van der Waals surface area contributed by atoms with Crippen molar-refractivity contribution in [1.82, 2.24) is 9.29 Å². The molecule has 0 amide bonds. The number of benzene rings is 2. The minimum Gasteiger partial charge on any atom is -0.247 e. The maximum atomic E-state index is 13.7. The summed E-state index contributed by atoms with van der Waals surface area (Å²) >= 11 is 0. The SMILES string of the molecule is CCc1ccc(S(=O)(=O)N2CCC(N(c3cccc(C)n3)S(=O)(=O)c3ccccc3)CC2)cc1. The molecule has 0 saturated carbocycles. The summed E-state index contributed by atoms with van der Waals surface area (Å²) in [5.74, 6) is 0.348. The van der Waals surface area contributed by atoms with Crippen LogP contribution in [0.3, 0.4) is 0 Å². The van der Waals surface area contributed by atoms with E-state index in [2.05, 4.69) is 4.98 Å². The minimum absolute atomic E-state index is 0.185. The lowest BCUT2D eigenvalue weighted by atomic mass is 10.1. The van der Waals surface area contributed by atoms with Crippen LogP contribution in [0.1, 0.15) is 31.0 Å². The van der Waals surface area contributed by atoms with Gasteiger partial charge < -0.3 is 0 Å². The van der Waals surface area contributed by atoms with Crippen molar-refractivity contribution in [3.63, 3.8) is 0 Å². The van der Waals surface area contributed by atoms with Crippen molar-refractivity contribution in [1.29, 1.82) is 0 Å². The molecule has 1 saturated heterocycles. The second-order valence-electron chi connectivity index (χ2n) is 8.38. The number of aryl methyl sites for hydroxylation is 2. The Bertz CT molecular complexity index is 1330. The highest BCUT2D eigenvalue weighted by Crippen LogP contribution is 2.31. The van der Waals surface area contributed by atoms with Crippen molar-refractivity contribution in [2.75, 3.05) is 17.4 Å². The zero-order valence-electron chi connectivity index (χ0n) is 19.3. The molecule has 0 aliphatic carbocycles. The normalized spacial score (nSPS) is 15.8. The maximum absolute atomic E-state index is 13.7. The lowest BCUT2D eigenvalue weighted by molar-refractivity contribution is 0.320. The molecular weight excluding hydrogens is 470 g/mol. The number of aromatic nitrogens is 1. The molecule has 0 bridgehead atoms. The molecule has 0 unspecified atom stereocenters. The summed E-state index contributed by atoms with van der Waals surface area (Å²) in [6.45, 7) is 4.30. The summed E-state index contributed by atoms with van der Waals surface area (Å²) in [7, 11) is -7.53. The summed E-state index contributed by atoms with van der Waals surface area (Å²) in [4.78, 5) is 4.93. The van der Waals surface area contributed by atoms with Crippen LogP contribution in [0.2, 0.25) is 0 Å². The number of piperidine rings is 1. The van der Waals surface area contributed by atoms with Crippen LogP contribution in [0.4, 0.5) is 5.82 Å². The Labute approximate surface area is 202 Å². The lowest BCUT2D eigenvalue weighted by Gasteiger charge is -2.38. The molecule has 2 heterocycles. The van der Waals surface area contributed by atoms with Gasteiger partial charge in [0.15, 0.2) is 0 Å². The zero-order valence-corrected chi connectivity index (χ0v) is 21.0. The van der Waals surface area contributed by atoms with Crippen molar-refractivity contribution in [2.24, 2.45) is 0 Å². The molecule has 1 fully saturated rings. The van der Waals surface area contributed by atoms with E-state index in [0.717, 1.165) is 12.0 Å². The fourth-order valence-corrected chi connectivity index (χ4v) is 7.38. The first-order valence-electron chi connectivity index (χ1n) is 11.4. The van der Waals surface area contributed by atoms with Crippen LogP contribution in [0.15, 0.2) is 82.6 Å². The molecular formula is C25H29N3O4S2. The van der Waals surface area contributed by atoms with Gasteiger partial charge in [0.2, 0.25) is 10.0 Å². The van der Waals surface area contributed by atoms with Gasteiger partial charge in [-0.05, 0) is 68.1 Å². The number of hydrogen-bond acceptors (Lipinski definition) is 5. The van der Waals surface area contributed by atoms with Crippen LogP contribution in [-0.4, -0.2) is 45.3 Å². The molecule has 9 heteroatoms. The summed E-state index contributed by atoms with van der Waals surface area (Å²) in [6, 6.07) is 20.1. The first kappa shape index (κ1) is 24.4. The summed E-state index contributed by atoms with van der Waals surface area (Å²) in [5, 5.41) is 0. The standard InChI is InChI=1S/C25H29N3O4S2/c1-3-21-12-14-24(15-13-21)33(29,30)27-18-16-22(17-19-27)28(25-11-7-8-20(2)26-25)34(31,32)23-9-5-4-6-10-23/h4-15,22H,3,16-19H2,1-2H3. The van der Waals surface area contributed by atoms with Crippen LogP contribution >= 0.6 is 0 Å². The molecule has 0 radical (unpaired) electrons. The van der Waals surface area contributed by atoms with Gasteiger partial charge in [0, 0.05) is 24.8 Å². The highest BCUT2D eigenvalue weighted by molar-refractivity contribution is 7.92. The molecule has 180 valence electrons. The van der Waals surface area contributed by atoms with Gasteiger partial charge >= 0.3 is 0 Å². The Hall–Kier alpha value is -2.75. The van der Waals surface area contributed by atoms with Gasteiger partial charge in [-0.15, -0.1) is 0 Å². The van der Waals surface area contributed by atoms with Crippen molar-refractivity contribution in [2.45, 2.75) is 48.9 Å². The number of nitrogens with zero attached hydrogens (tertiary/aromatic N) is 3. The average Bonchev–Trinajstić information content (AvgIpc) is 2.85. The number of sulfonamides is 2. The predicted molar refractivity (Wildman–Crippen MR) is 133 cm³/mol. The largest absolute Gasteiger partial charge is 0.265 e. The van der Waals surface area contributed by atoms with E-state index in [1.54, 1.807) is 54.6 Å². The van der Waals surface area contributed by atoms with Gasteiger partial charge in [-0.3, -0.25) is 0 Å². The molecule has 1 aliphatic rings. The Morgan fingerprint density at radius 3 is 2.09 bits per heavy atom. The van der Waals surface area contributed by atoms with Crippen LogP contribution in [0.25, 0.3) is 0 Å². The molecule has 2 aromatic carbocycles. The van der Waals surface area contributed by atoms with Crippen molar-refractivity contribution in [3.8, 4) is 0 Å². The van der Waals surface area contributed by atoms with E-state index in [1.807, 2.05) is 32.0 Å². The summed E-state index contributed by atoms with van der Waals surface area (Å²) in [5.41, 5.74) is 1.78. The summed E-state index contributed by atoms with van der Waals surface area (Å²) in [6.07, 6.45) is 1.58. The third kappa shape index (κ3) is 4.87. The van der Waals surface area contributed by atoms with Gasteiger partial charge in [-0.1, -0.05) is 43.3 Å². The van der Waals surface area contributed by atoms with E-state index >= 15 is 0 Å². The molecule has 34 heavy (non-hydrogen) atoms. The van der Waals surface area contributed by atoms with E-state index in [9.17, 15) is 16.8 Å². The molecule has 3 aromatic rings. The van der Waals surface area contributed by atoms with Gasteiger partial charge in [0.1, 0.15) is 5.82 Å². The second-order valence-corrected chi connectivity index (χ2v) is 12.1. The number of rotatable bonds is 7. The molecule has 0 N–H and O–H groups in total. The maximum Gasteiger partial charge on any atom is 0.265 e. The third-order valence-electron chi connectivity index (χ3n) is 6.12. The summed E-state index contributed by atoms with van der Waals surface area (Å²) < 4.78 is 56.5. The number of hydrogen-bond donors (Lipinski definition) is 0. The van der Waals surface area contributed by atoms with Crippen LogP contribution in [0.5, 0.6) is 0 Å². The first-order valence-corrected chi connectivity index (χ1v) is 14.2. The number of anilines is 1. The van der Waals surface area contributed by atoms with E-state index < -0.39 is 26.1 Å². The highest BCUT2D eigenvalue weighted by Gasteiger charge is 2.37. The Kier molecular flexibility index (Phi) is 7.06. The average molecular weight is 500 g/mol. The van der Waals surface area contributed by atoms with Crippen LogP contribution < -0.4 is 4.31 Å². The fourth-order valence-electron chi connectivity index (χ4n) is 4.23. The molecule has 7 nitrogen and oxygen atoms in total. The third-order valence-corrected chi connectivity index (χ3v) is 9.91. The lowest BCUT2D eigenvalue weighted by Crippen LogP contribution is -2.49. The second kappa shape index (κ2) is 9.85. The first-order chi connectivity index (χ1) is 16.2. The van der Waals surface area contributed by atoms with Crippen molar-refractivity contribution in [3.05, 3.63) is 84.1 Å². The zero-order chi connectivity index (χ0) is 24.3. The van der Waals surface area contributed by atoms with Crippen LogP contribution in [-0.2, 0) is 26.5 Å². The van der Waals surface area contributed by atoms with Crippen molar-refractivity contribution >= 4 is 25.9 Å². The van der Waals surface area contributed by atoms with E-state index in [4.69, 9.17) is 0 Å². The highest BCUT2D eigenvalue weighted by atomic mass is 32.2. The van der Waals surface area contributed by atoms with Gasteiger partial charge in [0.25, 0.3) is 10.0 Å². The van der Waals surface area contributed by atoms with Crippen LogP contribution in [0, 0.1) is 6.92 Å². The van der Waals surface area contributed by atoms with Crippen molar-refractivity contribution < 1.29 is 16.8 Å². The topological polar surface area (TPSA) is 87.7 Å². The molecule has 0 atom stereocenters. The van der Waals surface area contributed by atoms with E-state index in [1.165, 1.54) is 8.61 Å². The molecule has 1 aliphatic heterocycles. The Morgan fingerprint density at radius 1 is 0.853 bits per heavy atom. The monoisotopic (exact) mass is 499 g/mol. The van der Waals surface area contributed by atoms with Gasteiger partial charge in [-0.2, -0.15) is 4.31 Å². The van der Waals surface area contributed by atoms with E-state index in [0.29, 0.717) is 24.4 Å². The fraction of sp³-hybridized carbons (Fsp3) is 0.320. The molecule has 0 spiro atoms. The Morgan fingerprint density at radius 2 is 1.50 bits per heavy atom. The van der Waals surface area contributed by atoms with Gasteiger partial charge in [0.05, 0.1) is 9.79 Å². The number of pyridine rings is 1. The smallest absolute Gasteiger partial charge is 0.247 e.